The molecule has 0 saturated heterocycles. The van der Waals surface area contributed by atoms with Crippen LogP contribution in [0.25, 0.3) is 0 Å². The topological polar surface area (TPSA) is 77.1 Å². The maximum Gasteiger partial charge on any atom is 0.259 e. The van der Waals surface area contributed by atoms with Gasteiger partial charge in [-0.15, -0.1) is 0 Å². The number of methoxy groups -OCH3 is 2. The Morgan fingerprint density at radius 1 is 1.18 bits per heavy atom. The van der Waals surface area contributed by atoms with E-state index in [0.717, 1.165) is 0 Å². The minimum atomic E-state index is -0.634. The van der Waals surface area contributed by atoms with Crippen LogP contribution in [0, 0.1) is 5.41 Å². The van der Waals surface area contributed by atoms with Crippen molar-refractivity contribution < 1.29 is 23.8 Å². The van der Waals surface area contributed by atoms with Crippen LogP contribution in [-0.2, 0) is 4.79 Å². The third-order valence-corrected chi connectivity index (χ3v) is 4.70. The Morgan fingerprint density at radius 2 is 1.93 bits per heavy atom. The number of nitrogens with one attached hydrogen (secondary N) is 1. The van der Waals surface area contributed by atoms with Gasteiger partial charge in [-0.3, -0.25) is 9.59 Å². The second-order valence-corrected chi connectivity index (χ2v) is 7.21. The van der Waals surface area contributed by atoms with Crippen LogP contribution in [0.5, 0.6) is 17.2 Å². The highest BCUT2D eigenvalue weighted by Gasteiger charge is 2.36. The lowest BCUT2D eigenvalue weighted by atomic mass is 9.93. The number of ether oxygens (including phenoxy) is 3. The van der Waals surface area contributed by atoms with Crippen molar-refractivity contribution in [3.63, 3.8) is 0 Å². The molecule has 1 N–H and O–H groups in total. The number of fused-ring (bicyclic) bond motifs is 1. The fraction of sp³-hybridized carbons (Fsp3) is 0.333. The van der Waals surface area contributed by atoms with E-state index in [1.807, 2.05) is 13.8 Å². The van der Waals surface area contributed by atoms with Gasteiger partial charge in [-0.2, -0.15) is 0 Å². The monoisotopic (exact) mass is 384 g/mol. The summed E-state index contributed by atoms with van der Waals surface area (Å²) in [6, 6.07) is 10.3. The summed E-state index contributed by atoms with van der Waals surface area (Å²) in [6.07, 6.45) is 0. The first kappa shape index (κ1) is 19.5. The molecule has 0 fully saturated rings. The van der Waals surface area contributed by atoms with E-state index >= 15 is 0 Å². The van der Waals surface area contributed by atoms with Crippen molar-refractivity contribution >= 4 is 23.2 Å². The molecule has 7 nitrogen and oxygen atoms in total. The Balaban J connectivity index is 1.91. The number of carbonyl (C=O) groups excluding carboxylic acids is 2. The minimum absolute atomic E-state index is 0.0517. The lowest BCUT2D eigenvalue weighted by molar-refractivity contribution is -0.127. The van der Waals surface area contributed by atoms with E-state index in [0.29, 0.717) is 34.2 Å². The first-order valence-electron chi connectivity index (χ1n) is 8.86. The SMILES string of the molecule is COc1cccc(C(=O)Nc2ccc3c(c2)N(C)C(=O)C(C)(C)CO3)c1OC. The van der Waals surface area contributed by atoms with Crippen molar-refractivity contribution in [2.45, 2.75) is 13.8 Å². The zero-order chi connectivity index (χ0) is 20.5. The van der Waals surface area contributed by atoms with Gasteiger partial charge in [0.1, 0.15) is 12.4 Å². The van der Waals surface area contributed by atoms with Crippen molar-refractivity contribution in [3.8, 4) is 17.2 Å². The molecule has 0 radical (unpaired) electrons. The first-order chi connectivity index (χ1) is 13.3. The zero-order valence-corrected chi connectivity index (χ0v) is 16.7. The fourth-order valence-corrected chi connectivity index (χ4v) is 3.13. The van der Waals surface area contributed by atoms with Gasteiger partial charge in [0.2, 0.25) is 5.91 Å². The number of rotatable bonds is 4. The van der Waals surface area contributed by atoms with Crippen LogP contribution in [0.2, 0.25) is 0 Å². The number of anilines is 2. The van der Waals surface area contributed by atoms with E-state index in [1.54, 1.807) is 48.3 Å². The number of amides is 2. The third-order valence-electron chi connectivity index (χ3n) is 4.70. The number of hydrogen-bond acceptors (Lipinski definition) is 5. The van der Waals surface area contributed by atoms with E-state index < -0.39 is 5.41 Å². The molecule has 1 heterocycles. The Labute approximate surface area is 164 Å². The molecule has 1 aliphatic heterocycles. The quantitative estimate of drug-likeness (QED) is 0.875. The lowest BCUT2D eigenvalue weighted by Crippen LogP contribution is -2.39. The van der Waals surface area contributed by atoms with Crippen molar-refractivity contribution in [2.75, 3.05) is 38.1 Å². The fourth-order valence-electron chi connectivity index (χ4n) is 3.13. The molecule has 2 aromatic carbocycles. The van der Waals surface area contributed by atoms with Crippen molar-refractivity contribution in [1.82, 2.24) is 0 Å². The summed E-state index contributed by atoms with van der Waals surface area (Å²) in [5.41, 5.74) is 0.853. The average Bonchev–Trinajstić information content (AvgIpc) is 2.77. The first-order valence-corrected chi connectivity index (χ1v) is 8.86. The van der Waals surface area contributed by atoms with Gasteiger partial charge in [0.15, 0.2) is 11.5 Å². The lowest BCUT2D eigenvalue weighted by Gasteiger charge is -2.24. The molecular formula is C21H24N2O5. The van der Waals surface area contributed by atoms with E-state index in [-0.39, 0.29) is 18.4 Å². The van der Waals surface area contributed by atoms with Crippen LogP contribution < -0.4 is 24.4 Å². The molecule has 0 spiro atoms. The molecule has 0 unspecified atom stereocenters. The van der Waals surface area contributed by atoms with E-state index in [2.05, 4.69) is 5.32 Å². The second-order valence-electron chi connectivity index (χ2n) is 7.21. The highest BCUT2D eigenvalue weighted by atomic mass is 16.5. The summed E-state index contributed by atoms with van der Waals surface area (Å²) < 4.78 is 16.4. The second kappa shape index (κ2) is 7.42. The standard InChI is InChI=1S/C21H24N2O5/c1-21(2)12-28-16-10-9-13(11-15(16)23(3)20(21)25)22-19(24)14-7-6-8-17(26-4)18(14)27-5/h6-11H,12H2,1-5H3,(H,22,24). The number of para-hydroxylation sites is 1. The molecule has 7 heteroatoms. The number of carbonyl (C=O) groups is 2. The molecule has 0 aromatic heterocycles. The molecule has 0 saturated carbocycles. The Hall–Kier alpha value is -3.22. The van der Waals surface area contributed by atoms with E-state index in [9.17, 15) is 9.59 Å². The predicted octanol–water partition coefficient (Wildman–Crippen LogP) is 3.34. The van der Waals surface area contributed by atoms with Crippen molar-refractivity contribution in [1.29, 1.82) is 0 Å². The van der Waals surface area contributed by atoms with Gasteiger partial charge < -0.3 is 24.4 Å². The van der Waals surface area contributed by atoms with Crippen LogP contribution >= 0.6 is 0 Å². The van der Waals surface area contributed by atoms with Gasteiger partial charge in [-0.05, 0) is 44.2 Å². The molecule has 0 atom stereocenters. The molecular weight excluding hydrogens is 360 g/mol. The molecule has 148 valence electrons. The Bertz CT molecular complexity index is 923. The van der Waals surface area contributed by atoms with Gasteiger partial charge in [0.05, 0.1) is 30.9 Å². The highest BCUT2D eigenvalue weighted by molar-refractivity contribution is 6.07. The molecule has 2 aromatic rings. The molecule has 3 rings (SSSR count). The van der Waals surface area contributed by atoms with Crippen LogP contribution in [-0.4, -0.2) is 39.7 Å². The van der Waals surface area contributed by atoms with Crippen molar-refractivity contribution in [3.05, 3.63) is 42.0 Å². The summed E-state index contributed by atoms with van der Waals surface area (Å²) in [5.74, 6) is 1.02. The molecule has 0 aliphatic carbocycles. The summed E-state index contributed by atoms with van der Waals surface area (Å²) in [4.78, 5) is 27.0. The molecule has 0 bridgehead atoms. The predicted molar refractivity (Wildman–Crippen MR) is 107 cm³/mol. The number of hydrogen-bond donors (Lipinski definition) is 1. The molecule has 2 amide bonds. The summed E-state index contributed by atoms with van der Waals surface area (Å²) in [6.45, 7) is 3.97. The number of benzene rings is 2. The third kappa shape index (κ3) is 3.47. The average molecular weight is 384 g/mol. The normalized spacial score (nSPS) is 15.2. The summed E-state index contributed by atoms with van der Waals surface area (Å²) in [5, 5.41) is 2.84. The largest absolute Gasteiger partial charge is 0.493 e. The minimum Gasteiger partial charge on any atom is -0.493 e. The summed E-state index contributed by atoms with van der Waals surface area (Å²) in [7, 11) is 4.70. The maximum absolute atomic E-state index is 12.8. The van der Waals surface area contributed by atoms with Crippen LogP contribution in [0.1, 0.15) is 24.2 Å². The van der Waals surface area contributed by atoms with Crippen LogP contribution in [0.15, 0.2) is 36.4 Å². The Morgan fingerprint density at radius 3 is 2.61 bits per heavy atom. The van der Waals surface area contributed by atoms with Gasteiger partial charge in [0.25, 0.3) is 5.91 Å². The molecule has 28 heavy (non-hydrogen) atoms. The van der Waals surface area contributed by atoms with Gasteiger partial charge in [-0.25, -0.2) is 0 Å². The van der Waals surface area contributed by atoms with Gasteiger partial charge in [0, 0.05) is 12.7 Å². The van der Waals surface area contributed by atoms with E-state index in [1.165, 1.54) is 14.2 Å². The van der Waals surface area contributed by atoms with Crippen molar-refractivity contribution in [2.24, 2.45) is 5.41 Å². The smallest absolute Gasteiger partial charge is 0.259 e. The van der Waals surface area contributed by atoms with Gasteiger partial charge >= 0.3 is 0 Å². The number of nitrogens with zero attached hydrogens (tertiary/aromatic N) is 1. The van der Waals surface area contributed by atoms with Crippen LogP contribution in [0.3, 0.4) is 0 Å². The van der Waals surface area contributed by atoms with Gasteiger partial charge in [-0.1, -0.05) is 6.07 Å². The highest BCUT2D eigenvalue weighted by Crippen LogP contribution is 2.38. The van der Waals surface area contributed by atoms with Crippen LogP contribution in [0.4, 0.5) is 11.4 Å². The zero-order valence-electron chi connectivity index (χ0n) is 16.7. The maximum atomic E-state index is 12.8. The Kier molecular flexibility index (Phi) is 5.18. The van der Waals surface area contributed by atoms with E-state index in [4.69, 9.17) is 14.2 Å². The summed E-state index contributed by atoms with van der Waals surface area (Å²) >= 11 is 0. The molecule has 1 aliphatic rings.